The number of ether oxygens (including phenoxy) is 1. The van der Waals surface area contributed by atoms with E-state index in [0.29, 0.717) is 13.0 Å². The third kappa shape index (κ3) is 4.26. The van der Waals surface area contributed by atoms with Crippen LogP contribution in [0.1, 0.15) is 12.0 Å². The summed E-state index contributed by atoms with van der Waals surface area (Å²) >= 11 is 0. The smallest absolute Gasteiger partial charge is 0.249 e. The number of carbonyl (C=O) groups is 2. The standard InChI is InChI=1S/C15H19FN2O3/c16-12-8-13(15(17)20)18(9-12)14(19)10-21-7-6-11-4-2-1-3-5-11/h1-5,12-13H,6-10H2,(H2,17,20)/t12-,13+/m1/s1. The van der Waals surface area contributed by atoms with Crippen LogP contribution in [-0.4, -0.2) is 48.7 Å². The Hall–Kier alpha value is -1.95. The summed E-state index contributed by atoms with van der Waals surface area (Å²) in [4.78, 5) is 24.3. The van der Waals surface area contributed by atoms with Crippen molar-refractivity contribution in [1.82, 2.24) is 4.90 Å². The summed E-state index contributed by atoms with van der Waals surface area (Å²) in [5, 5.41) is 0. The van der Waals surface area contributed by atoms with Crippen molar-refractivity contribution < 1.29 is 18.7 Å². The molecule has 21 heavy (non-hydrogen) atoms. The molecule has 0 saturated carbocycles. The second-order valence-corrected chi connectivity index (χ2v) is 5.09. The summed E-state index contributed by atoms with van der Waals surface area (Å²) in [5.74, 6) is -1.07. The molecule has 1 aromatic rings. The number of primary amides is 1. The highest BCUT2D eigenvalue weighted by molar-refractivity contribution is 5.87. The van der Waals surface area contributed by atoms with Gasteiger partial charge in [-0.25, -0.2) is 4.39 Å². The maximum atomic E-state index is 13.3. The van der Waals surface area contributed by atoms with Gasteiger partial charge in [0, 0.05) is 6.42 Å². The van der Waals surface area contributed by atoms with Crippen LogP contribution in [0.5, 0.6) is 0 Å². The van der Waals surface area contributed by atoms with Crippen LogP contribution >= 0.6 is 0 Å². The van der Waals surface area contributed by atoms with E-state index >= 15 is 0 Å². The summed E-state index contributed by atoms with van der Waals surface area (Å²) in [7, 11) is 0. The van der Waals surface area contributed by atoms with Gasteiger partial charge in [-0.05, 0) is 12.0 Å². The summed E-state index contributed by atoms with van der Waals surface area (Å²) in [6.45, 7) is 0.141. The largest absolute Gasteiger partial charge is 0.371 e. The Morgan fingerprint density at radius 1 is 1.33 bits per heavy atom. The molecule has 1 aliphatic rings. The maximum absolute atomic E-state index is 13.3. The number of hydrogen-bond acceptors (Lipinski definition) is 3. The Morgan fingerprint density at radius 3 is 2.71 bits per heavy atom. The summed E-state index contributed by atoms with van der Waals surface area (Å²) in [5.41, 5.74) is 6.29. The van der Waals surface area contributed by atoms with Crippen molar-refractivity contribution in [3.8, 4) is 0 Å². The molecule has 1 aliphatic heterocycles. The molecule has 1 aromatic carbocycles. The fourth-order valence-electron chi connectivity index (χ4n) is 2.41. The molecule has 0 spiro atoms. The Labute approximate surface area is 122 Å². The maximum Gasteiger partial charge on any atom is 0.249 e. The van der Waals surface area contributed by atoms with E-state index in [2.05, 4.69) is 0 Å². The minimum Gasteiger partial charge on any atom is -0.371 e. The molecule has 114 valence electrons. The first-order valence-corrected chi connectivity index (χ1v) is 6.92. The molecule has 1 fully saturated rings. The first kappa shape index (κ1) is 15.4. The first-order chi connectivity index (χ1) is 10.1. The average Bonchev–Trinajstić information content (AvgIpc) is 2.87. The van der Waals surface area contributed by atoms with E-state index in [-0.39, 0.29) is 19.6 Å². The molecule has 0 unspecified atom stereocenters. The van der Waals surface area contributed by atoms with Gasteiger partial charge >= 0.3 is 0 Å². The quantitative estimate of drug-likeness (QED) is 0.784. The van der Waals surface area contributed by atoms with E-state index in [9.17, 15) is 14.0 Å². The van der Waals surface area contributed by atoms with Crippen LogP contribution in [0, 0.1) is 0 Å². The summed E-state index contributed by atoms with van der Waals surface area (Å²) in [6.07, 6.45) is -0.528. The first-order valence-electron chi connectivity index (χ1n) is 6.92. The molecule has 1 heterocycles. The van der Waals surface area contributed by atoms with Crippen LogP contribution in [0.4, 0.5) is 4.39 Å². The van der Waals surface area contributed by atoms with E-state index in [0.717, 1.165) is 5.56 Å². The number of hydrogen-bond donors (Lipinski definition) is 1. The average molecular weight is 294 g/mol. The van der Waals surface area contributed by atoms with Gasteiger partial charge in [-0.1, -0.05) is 30.3 Å². The van der Waals surface area contributed by atoms with Crippen LogP contribution < -0.4 is 5.73 Å². The van der Waals surface area contributed by atoms with Crippen molar-refractivity contribution in [2.45, 2.75) is 25.1 Å². The van der Waals surface area contributed by atoms with Crippen molar-refractivity contribution in [3.05, 3.63) is 35.9 Å². The lowest BCUT2D eigenvalue weighted by atomic mass is 10.2. The van der Waals surface area contributed by atoms with Gasteiger partial charge in [0.2, 0.25) is 11.8 Å². The molecule has 0 aromatic heterocycles. The predicted molar refractivity (Wildman–Crippen MR) is 75.2 cm³/mol. The van der Waals surface area contributed by atoms with Gasteiger partial charge in [-0.2, -0.15) is 0 Å². The number of amides is 2. The summed E-state index contributed by atoms with van der Waals surface area (Å²) < 4.78 is 18.6. The number of benzene rings is 1. The lowest BCUT2D eigenvalue weighted by Gasteiger charge is -2.21. The molecular formula is C15H19FN2O3. The zero-order chi connectivity index (χ0) is 15.2. The number of likely N-dealkylation sites (tertiary alicyclic amines) is 1. The van der Waals surface area contributed by atoms with Gasteiger partial charge in [0.25, 0.3) is 0 Å². The number of nitrogens with two attached hydrogens (primary N) is 1. The second-order valence-electron chi connectivity index (χ2n) is 5.09. The predicted octanol–water partition coefficient (Wildman–Crippen LogP) is 0.670. The lowest BCUT2D eigenvalue weighted by Crippen LogP contribution is -2.45. The molecule has 2 atom stereocenters. The van der Waals surface area contributed by atoms with Crippen molar-refractivity contribution in [2.24, 2.45) is 5.73 Å². The minimum absolute atomic E-state index is 0.0227. The highest BCUT2D eigenvalue weighted by Gasteiger charge is 2.38. The minimum atomic E-state index is -1.20. The fourth-order valence-corrected chi connectivity index (χ4v) is 2.41. The van der Waals surface area contributed by atoms with Crippen molar-refractivity contribution in [3.63, 3.8) is 0 Å². The molecule has 5 nitrogen and oxygen atoms in total. The third-order valence-corrected chi connectivity index (χ3v) is 3.50. The van der Waals surface area contributed by atoms with Crippen LogP contribution in [0.3, 0.4) is 0 Å². The number of nitrogens with zero attached hydrogens (tertiary/aromatic N) is 1. The van der Waals surface area contributed by atoms with Crippen LogP contribution in [0.25, 0.3) is 0 Å². The normalized spacial score (nSPS) is 21.5. The van der Waals surface area contributed by atoms with Crippen LogP contribution in [-0.2, 0) is 20.7 Å². The SMILES string of the molecule is NC(=O)[C@@H]1C[C@@H](F)CN1C(=O)COCCc1ccccc1. The van der Waals surface area contributed by atoms with Crippen LogP contribution in [0.15, 0.2) is 30.3 Å². The third-order valence-electron chi connectivity index (χ3n) is 3.50. The van der Waals surface area contributed by atoms with Gasteiger partial charge < -0.3 is 15.4 Å². The molecule has 0 bridgehead atoms. The van der Waals surface area contributed by atoms with Gasteiger partial charge in [0.15, 0.2) is 0 Å². The number of rotatable bonds is 6. The number of halogens is 1. The molecule has 6 heteroatoms. The van der Waals surface area contributed by atoms with Crippen molar-refractivity contribution >= 4 is 11.8 Å². The molecule has 0 radical (unpaired) electrons. The molecule has 2 amide bonds. The van der Waals surface area contributed by atoms with E-state index < -0.39 is 24.0 Å². The number of alkyl halides is 1. The highest BCUT2D eigenvalue weighted by Crippen LogP contribution is 2.20. The second kappa shape index (κ2) is 7.17. The fraction of sp³-hybridized carbons (Fsp3) is 0.467. The monoisotopic (exact) mass is 294 g/mol. The topological polar surface area (TPSA) is 72.6 Å². The number of carbonyl (C=O) groups excluding carboxylic acids is 2. The van der Waals surface area contributed by atoms with Gasteiger partial charge in [0.1, 0.15) is 18.8 Å². The van der Waals surface area contributed by atoms with Crippen molar-refractivity contribution in [1.29, 1.82) is 0 Å². The molecule has 2 rings (SSSR count). The lowest BCUT2D eigenvalue weighted by molar-refractivity contribution is -0.141. The molecule has 2 N–H and O–H groups in total. The zero-order valence-electron chi connectivity index (χ0n) is 11.7. The molecule has 0 aliphatic carbocycles. The van der Waals surface area contributed by atoms with E-state index in [1.165, 1.54) is 4.90 Å². The van der Waals surface area contributed by atoms with E-state index in [1.807, 2.05) is 30.3 Å². The Balaban J connectivity index is 1.75. The Morgan fingerprint density at radius 2 is 2.05 bits per heavy atom. The van der Waals surface area contributed by atoms with Gasteiger partial charge in [0.05, 0.1) is 13.2 Å². The molecule has 1 saturated heterocycles. The van der Waals surface area contributed by atoms with Crippen molar-refractivity contribution in [2.75, 3.05) is 19.8 Å². The van der Waals surface area contributed by atoms with E-state index in [1.54, 1.807) is 0 Å². The van der Waals surface area contributed by atoms with Gasteiger partial charge in [-0.15, -0.1) is 0 Å². The zero-order valence-corrected chi connectivity index (χ0v) is 11.7. The summed E-state index contributed by atoms with van der Waals surface area (Å²) in [6, 6.07) is 8.89. The van der Waals surface area contributed by atoms with Gasteiger partial charge in [-0.3, -0.25) is 9.59 Å². The molecular weight excluding hydrogens is 275 g/mol. The Bertz CT molecular complexity index is 495. The van der Waals surface area contributed by atoms with E-state index in [4.69, 9.17) is 10.5 Å². The Kier molecular flexibility index (Phi) is 5.27. The highest BCUT2D eigenvalue weighted by atomic mass is 19.1. The van der Waals surface area contributed by atoms with Crippen LogP contribution in [0.2, 0.25) is 0 Å².